The number of carboxylic acid groups (broad SMARTS) is 1. The second-order valence-electron chi connectivity index (χ2n) is 11.1. The summed E-state index contributed by atoms with van der Waals surface area (Å²) in [7, 11) is 0. The fourth-order valence-corrected chi connectivity index (χ4v) is 7.06. The third-order valence-corrected chi connectivity index (χ3v) is 9.20. The molecular formula is C36H29N3O7S. The number of thiazole rings is 1. The van der Waals surface area contributed by atoms with Crippen molar-refractivity contribution >= 4 is 35.0 Å². The number of hydrogen-bond acceptors (Lipinski definition) is 8. The lowest BCUT2D eigenvalue weighted by molar-refractivity contribution is -0.138. The van der Waals surface area contributed by atoms with Gasteiger partial charge in [0.2, 0.25) is 6.79 Å². The summed E-state index contributed by atoms with van der Waals surface area (Å²) in [5, 5.41) is 9.32. The molecule has 0 radical (unpaired) electrons. The molecule has 0 fully saturated rings. The molecule has 1 N–H and O–H groups in total. The molecule has 2 aliphatic rings. The molecule has 10 nitrogen and oxygen atoms in total. The van der Waals surface area contributed by atoms with Gasteiger partial charge in [0, 0.05) is 22.6 Å². The molecule has 5 aromatic rings. The summed E-state index contributed by atoms with van der Waals surface area (Å²) in [4.78, 5) is 44.8. The lowest BCUT2D eigenvalue weighted by Gasteiger charge is -2.26. The fraction of sp³-hybridized carbons (Fsp3) is 0.167. The van der Waals surface area contributed by atoms with Gasteiger partial charge in [0.15, 0.2) is 16.3 Å². The Hall–Kier alpha value is -5.68. The summed E-state index contributed by atoms with van der Waals surface area (Å²) in [5.41, 5.74) is 5.37. The zero-order valence-electron chi connectivity index (χ0n) is 25.7. The van der Waals surface area contributed by atoms with Gasteiger partial charge in [-0.25, -0.2) is 14.6 Å². The molecule has 4 heterocycles. The van der Waals surface area contributed by atoms with Gasteiger partial charge in [-0.05, 0) is 80.4 Å². The largest absolute Gasteiger partial charge is 0.478 e. The highest BCUT2D eigenvalue weighted by molar-refractivity contribution is 7.07. The number of carbonyl (C=O) groups excluding carboxylic acids is 1. The maximum absolute atomic E-state index is 14.4. The van der Waals surface area contributed by atoms with Crippen LogP contribution in [0.1, 0.15) is 51.4 Å². The van der Waals surface area contributed by atoms with Gasteiger partial charge in [-0.1, -0.05) is 47.7 Å². The highest BCUT2D eigenvalue weighted by Gasteiger charge is 2.36. The lowest BCUT2D eigenvalue weighted by atomic mass is 9.93. The van der Waals surface area contributed by atoms with E-state index in [1.165, 1.54) is 11.3 Å². The first kappa shape index (κ1) is 30.0. The monoisotopic (exact) mass is 647 g/mol. The Morgan fingerprint density at radius 1 is 1.02 bits per heavy atom. The number of benzene rings is 3. The summed E-state index contributed by atoms with van der Waals surface area (Å²) in [6.45, 7) is 5.87. The van der Waals surface area contributed by atoms with Gasteiger partial charge in [0.05, 0.1) is 34.0 Å². The van der Waals surface area contributed by atoms with E-state index in [1.807, 2.05) is 67.0 Å². The predicted molar refractivity (Wildman–Crippen MR) is 176 cm³/mol. The Morgan fingerprint density at radius 3 is 2.49 bits per heavy atom. The molecule has 3 aromatic carbocycles. The molecule has 236 valence electrons. The molecule has 2 aromatic heterocycles. The Bertz CT molecular complexity index is 2280. The average molecular weight is 648 g/mol. The Labute approximate surface area is 272 Å². The van der Waals surface area contributed by atoms with Crippen LogP contribution in [-0.2, 0) is 9.53 Å². The van der Waals surface area contributed by atoms with E-state index in [2.05, 4.69) is 0 Å². The smallest absolute Gasteiger partial charge is 0.338 e. The van der Waals surface area contributed by atoms with Crippen LogP contribution in [0.2, 0.25) is 0 Å². The maximum Gasteiger partial charge on any atom is 0.338 e. The molecule has 47 heavy (non-hydrogen) atoms. The maximum atomic E-state index is 14.4. The Morgan fingerprint density at radius 2 is 1.77 bits per heavy atom. The molecule has 0 spiro atoms. The topological polar surface area (TPSA) is 121 Å². The SMILES string of the molecule is CCOC(=O)C1=C(c2ccccc2)N=c2s/c(=C\c3cc(C)n(-c4ccc(C(=O)O)cc4)c3C)c(=O)n2[C@H]1c1ccc2c(c1)OCO2. The van der Waals surface area contributed by atoms with Crippen molar-refractivity contribution in [1.29, 1.82) is 0 Å². The predicted octanol–water partition coefficient (Wildman–Crippen LogP) is 4.77. The molecule has 7 rings (SSSR count). The summed E-state index contributed by atoms with van der Waals surface area (Å²) >= 11 is 1.24. The van der Waals surface area contributed by atoms with Crippen LogP contribution in [0.3, 0.4) is 0 Å². The number of fused-ring (bicyclic) bond motifs is 2. The molecular weight excluding hydrogens is 618 g/mol. The highest BCUT2D eigenvalue weighted by atomic mass is 32.1. The van der Waals surface area contributed by atoms with E-state index in [-0.39, 0.29) is 30.1 Å². The number of aryl methyl sites for hydroxylation is 1. The van der Waals surface area contributed by atoms with Crippen LogP contribution in [0.5, 0.6) is 11.5 Å². The highest BCUT2D eigenvalue weighted by Crippen LogP contribution is 2.40. The van der Waals surface area contributed by atoms with Crippen LogP contribution < -0.4 is 24.4 Å². The van der Waals surface area contributed by atoms with Gasteiger partial charge in [0.25, 0.3) is 5.56 Å². The molecule has 0 bridgehead atoms. The van der Waals surface area contributed by atoms with Crippen molar-refractivity contribution in [1.82, 2.24) is 9.13 Å². The van der Waals surface area contributed by atoms with Crippen LogP contribution in [0.15, 0.2) is 94.2 Å². The molecule has 0 saturated heterocycles. The second-order valence-corrected chi connectivity index (χ2v) is 12.1. The Kier molecular flexibility index (Phi) is 7.61. The number of nitrogens with zero attached hydrogens (tertiary/aromatic N) is 3. The minimum Gasteiger partial charge on any atom is -0.478 e. The first-order valence-electron chi connectivity index (χ1n) is 15.0. The molecule has 1 atom stereocenters. The first-order valence-corrected chi connectivity index (χ1v) is 15.8. The van der Waals surface area contributed by atoms with Gasteiger partial charge >= 0.3 is 11.9 Å². The number of rotatable bonds is 7. The van der Waals surface area contributed by atoms with Crippen LogP contribution in [0.4, 0.5) is 0 Å². The standard InChI is InChI=1S/C36H29N3O7S/c1-4-44-35(43)30-31(22-8-6-5-7-9-22)37-36-39(32(30)24-12-15-27-28(17-24)46-19-45-27)33(40)29(47-36)18-25-16-20(2)38(21(25)3)26-13-10-23(11-14-26)34(41)42/h5-18,32H,4,19H2,1-3H3,(H,41,42)/b29-18-/t32-/m0/s1. The van der Waals surface area contributed by atoms with Crippen molar-refractivity contribution in [3.63, 3.8) is 0 Å². The summed E-state index contributed by atoms with van der Waals surface area (Å²) in [6.07, 6.45) is 1.83. The van der Waals surface area contributed by atoms with Crippen molar-refractivity contribution in [3.8, 4) is 17.2 Å². The molecule has 0 aliphatic carbocycles. The molecule has 0 amide bonds. The number of aromatic carboxylic acids is 1. The van der Waals surface area contributed by atoms with Crippen molar-refractivity contribution in [2.75, 3.05) is 13.4 Å². The van der Waals surface area contributed by atoms with Crippen molar-refractivity contribution in [3.05, 3.63) is 138 Å². The second kappa shape index (κ2) is 11.9. The normalized spacial score (nSPS) is 15.4. The van der Waals surface area contributed by atoms with Gasteiger partial charge in [-0.2, -0.15) is 0 Å². The average Bonchev–Trinajstić information content (AvgIpc) is 3.75. The van der Waals surface area contributed by atoms with Gasteiger partial charge in [-0.15, -0.1) is 0 Å². The van der Waals surface area contributed by atoms with E-state index in [0.717, 1.165) is 28.2 Å². The van der Waals surface area contributed by atoms with E-state index in [0.29, 0.717) is 32.1 Å². The van der Waals surface area contributed by atoms with E-state index < -0.39 is 18.0 Å². The third kappa shape index (κ3) is 5.24. The Balaban J connectivity index is 1.43. The minimum atomic E-state index is -0.992. The first-order chi connectivity index (χ1) is 22.7. The third-order valence-electron chi connectivity index (χ3n) is 8.22. The fourth-order valence-electron chi connectivity index (χ4n) is 6.06. The number of carboxylic acids is 1. The molecule has 2 aliphatic heterocycles. The van der Waals surface area contributed by atoms with Crippen LogP contribution in [0, 0.1) is 13.8 Å². The zero-order valence-corrected chi connectivity index (χ0v) is 26.5. The van der Waals surface area contributed by atoms with Crippen LogP contribution in [-0.4, -0.2) is 39.6 Å². The summed E-state index contributed by atoms with van der Waals surface area (Å²) in [6, 6.07) is 22.6. The number of aromatic nitrogens is 2. The van der Waals surface area contributed by atoms with Gasteiger partial charge in [-0.3, -0.25) is 9.36 Å². The molecule has 0 saturated carbocycles. The van der Waals surface area contributed by atoms with Crippen molar-refractivity contribution < 1.29 is 28.9 Å². The van der Waals surface area contributed by atoms with E-state index in [9.17, 15) is 19.5 Å². The number of esters is 1. The van der Waals surface area contributed by atoms with E-state index >= 15 is 0 Å². The van der Waals surface area contributed by atoms with Crippen LogP contribution >= 0.6 is 11.3 Å². The quantitative estimate of drug-likeness (QED) is 0.253. The van der Waals surface area contributed by atoms with Crippen molar-refractivity contribution in [2.45, 2.75) is 26.8 Å². The lowest BCUT2D eigenvalue weighted by Crippen LogP contribution is -2.40. The van der Waals surface area contributed by atoms with Crippen LogP contribution in [0.25, 0.3) is 17.5 Å². The zero-order chi connectivity index (χ0) is 32.8. The van der Waals surface area contributed by atoms with Crippen molar-refractivity contribution in [2.24, 2.45) is 4.99 Å². The number of carbonyl (C=O) groups is 2. The molecule has 0 unspecified atom stereocenters. The minimum absolute atomic E-state index is 0.0828. The number of ether oxygens (including phenoxy) is 3. The van der Waals surface area contributed by atoms with Gasteiger partial charge in [0.1, 0.15) is 0 Å². The van der Waals surface area contributed by atoms with E-state index in [4.69, 9.17) is 19.2 Å². The van der Waals surface area contributed by atoms with E-state index in [1.54, 1.807) is 47.9 Å². The van der Waals surface area contributed by atoms with Gasteiger partial charge < -0.3 is 23.9 Å². The summed E-state index contributed by atoms with van der Waals surface area (Å²) in [5.74, 6) is -0.451. The number of hydrogen-bond donors (Lipinski definition) is 1. The molecule has 11 heteroatoms. The summed E-state index contributed by atoms with van der Waals surface area (Å²) < 4.78 is 20.8.